The van der Waals surface area contributed by atoms with Gasteiger partial charge in [-0.3, -0.25) is 4.90 Å². The first kappa shape index (κ1) is 27.7. The van der Waals surface area contributed by atoms with Crippen LogP contribution in [0.3, 0.4) is 0 Å². The molecule has 10 heteroatoms. The van der Waals surface area contributed by atoms with Crippen molar-refractivity contribution >= 4 is 80.7 Å². The standard InChI is InChI=1S/C21H32B2I2N2O2P2/c1-14-8-18(30(22)24)10-16(20(14)28)12-27(7-5-6-26(3)4)13-17-11-19(31(23)25)9-15(2)21(17)29/h8-11,28-29H,5-7,12-13,22-23H2,1-4H3. The third-order valence-electron chi connectivity index (χ3n) is 5.31. The third kappa shape index (κ3) is 8.29. The molecule has 0 spiro atoms. The highest BCUT2D eigenvalue weighted by atomic mass is 127. The van der Waals surface area contributed by atoms with E-state index < -0.39 is 0 Å². The molecule has 0 amide bonds. The number of nitrogens with zero attached hydrogens (tertiary/aromatic N) is 2. The topological polar surface area (TPSA) is 46.9 Å². The molecule has 2 aromatic rings. The predicted octanol–water partition coefficient (Wildman–Crippen LogP) is 3.68. The Labute approximate surface area is 217 Å². The van der Waals surface area contributed by atoms with E-state index in [0.29, 0.717) is 24.6 Å². The second-order valence-corrected chi connectivity index (χ2v) is 20.0. The summed E-state index contributed by atoms with van der Waals surface area (Å²) >= 11 is 4.97. The van der Waals surface area contributed by atoms with Gasteiger partial charge < -0.3 is 15.1 Å². The Morgan fingerprint density at radius 2 is 1.23 bits per heavy atom. The lowest BCUT2D eigenvalue weighted by Crippen LogP contribution is -2.27. The quantitative estimate of drug-likeness (QED) is 0.229. The summed E-state index contributed by atoms with van der Waals surface area (Å²) in [5, 5.41) is 24.1. The summed E-state index contributed by atoms with van der Waals surface area (Å²) in [5.41, 5.74) is 3.31. The first-order valence-electron chi connectivity index (χ1n) is 10.3. The van der Waals surface area contributed by atoms with E-state index in [9.17, 15) is 10.2 Å². The lowest BCUT2D eigenvalue weighted by atomic mass is 10.1. The molecule has 0 aliphatic heterocycles. The van der Waals surface area contributed by atoms with Crippen LogP contribution in [0.4, 0.5) is 0 Å². The van der Waals surface area contributed by atoms with Crippen molar-refractivity contribution in [2.75, 3.05) is 27.2 Å². The Balaban J connectivity index is 2.36. The second-order valence-electron chi connectivity index (χ2n) is 8.36. The molecule has 0 radical (unpaired) electrons. The molecular weight excluding hydrogens is 650 g/mol. The zero-order valence-electron chi connectivity index (χ0n) is 19.3. The largest absolute Gasteiger partial charge is 0.507 e. The lowest BCUT2D eigenvalue weighted by Gasteiger charge is -2.26. The van der Waals surface area contributed by atoms with Crippen molar-refractivity contribution in [2.24, 2.45) is 0 Å². The summed E-state index contributed by atoms with van der Waals surface area (Å²) in [6, 6.07) is 8.54. The fourth-order valence-corrected chi connectivity index (χ4v) is 6.65. The van der Waals surface area contributed by atoms with Gasteiger partial charge in [0.2, 0.25) is 0 Å². The summed E-state index contributed by atoms with van der Waals surface area (Å²) in [6.45, 7) is 7.21. The van der Waals surface area contributed by atoms with Gasteiger partial charge in [-0.05, 0) is 86.9 Å². The van der Waals surface area contributed by atoms with Crippen LogP contribution < -0.4 is 10.6 Å². The maximum atomic E-state index is 10.8. The molecule has 0 heterocycles. The molecule has 31 heavy (non-hydrogen) atoms. The van der Waals surface area contributed by atoms with Crippen molar-refractivity contribution < 1.29 is 10.2 Å². The van der Waals surface area contributed by atoms with Crippen molar-refractivity contribution in [1.29, 1.82) is 0 Å². The van der Waals surface area contributed by atoms with Crippen molar-refractivity contribution in [1.82, 2.24) is 9.80 Å². The highest BCUT2D eigenvalue weighted by Crippen LogP contribution is 2.41. The van der Waals surface area contributed by atoms with Crippen LogP contribution in [0, 0.1) is 13.8 Å². The van der Waals surface area contributed by atoms with Gasteiger partial charge in [-0.25, -0.2) is 0 Å². The van der Waals surface area contributed by atoms with Crippen molar-refractivity contribution in [2.45, 2.75) is 33.4 Å². The summed E-state index contributed by atoms with van der Waals surface area (Å²) in [7, 11) is 8.66. The van der Waals surface area contributed by atoms with Gasteiger partial charge in [-0.1, -0.05) is 55.0 Å². The van der Waals surface area contributed by atoms with Gasteiger partial charge in [-0.2, -0.15) is 0 Å². The Hall–Kier alpha value is 0.410. The van der Waals surface area contributed by atoms with Gasteiger partial charge in [0.1, 0.15) is 11.5 Å². The van der Waals surface area contributed by atoms with E-state index in [1.54, 1.807) is 0 Å². The van der Waals surface area contributed by atoms with Gasteiger partial charge in [0.05, 0.1) is 0 Å². The van der Waals surface area contributed by atoms with Crippen LogP contribution in [-0.4, -0.2) is 62.3 Å². The molecule has 0 aromatic heterocycles. The average Bonchev–Trinajstić information content (AvgIpc) is 2.67. The van der Waals surface area contributed by atoms with Crippen LogP contribution in [0.5, 0.6) is 11.5 Å². The van der Waals surface area contributed by atoms with E-state index in [0.717, 1.165) is 41.8 Å². The predicted molar refractivity (Wildman–Crippen MR) is 161 cm³/mol. The van der Waals surface area contributed by atoms with Crippen LogP contribution in [0.25, 0.3) is 0 Å². The minimum Gasteiger partial charge on any atom is -0.507 e. The van der Waals surface area contributed by atoms with Crippen LogP contribution >= 0.6 is 55.0 Å². The number of benzene rings is 2. The molecule has 0 aliphatic rings. The highest BCUT2D eigenvalue weighted by Gasteiger charge is 2.17. The van der Waals surface area contributed by atoms with E-state index in [-0.39, 0.29) is 10.9 Å². The molecule has 0 aliphatic carbocycles. The number of phenols is 2. The molecule has 2 rings (SSSR count). The zero-order chi connectivity index (χ0) is 23.3. The van der Waals surface area contributed by atoms with Gasteiger partial charge in [0.15, 0.2) is 15.1 Å². The molecule has 2 N–H and O–H groups in total. The Bertz CT molecular complexity index is 837. The van der Waals surface area contributed by atoms with E-state index in [4.69, 9.17) is 0 Å². The molecule has 168 valence electrons. The summed E-state index contributed by atoms with van der Waals surface area (Å²) in [5.74, 6) is 0.793. The first-order valence-corrected chi connectivity index (χ1v) is 19.5. The molecule has 2 atom stereocenters. The van der Waals surface area contributed by atoms with Crippen LogP contribution in [-0.2, 0) is 13.1 Å². The van der Waals surface area contributed by atoms with E-state index in [1.165, 1.54) is 10.6 Å². The van der Waals surface area contributed by atoms with Gasteiger partial charge in [0.25, 0.3) is 0 Å². The molecule has 4 nitrogen and oxygen atoms in total. The number of phenolic OH excluding ortho intramolecular Hbond substituents is 2. The van der Waals surface area contributed by atoms with Crippen molar-refractivity contribution in [3.8, 4) is 11.5 Å². The maximum Gasteiger partial charge on any atom is 0.152 e. The second kappa shape index (κ2) is 12.8. The van der Waals surface area contributed by atoms with Crippen LogP contribution in [0.2, 0.25) is 0 Å². The van der Waals surface area contributed by atoms with Crippen LogP contribution in [0.1, 0.15) is 28.7 Å². The molecule has 2 aromatic carbocycles. The zero-order valence-corrected chi connectivity index (χ0v) is 25.4. The number of aromatic hydroxyl groups is 2. The number of hydrogen-bond donors (Lipinski definition) is 2. The minimum atomic E-state index is -0.259. The smallest absolute Gasteiger partial charge is 0.152 e. The fraction of sp³-hybridized carbons (Fsp3) is 0.429. The average molecular weight is 682 g/mol. The number of halogens is 2. The molecule has 2 unspecified atom stereocenters. The monoisotopic (exact) mass is 682 g/mol. The lowest BCUT2D eigenvalue weighted by molar-refractivity contribution is 0.234. The van der Waals surface area contributed by atoms with Gasteiger partial charge >= 0.3 is 0 Å². The first-order chi connectivity index (χ1) is 14.5. The minimum absolute atomic E-state index is 0.259. The Kier molecular flexibility index (Phi) is 11.4. The van der Waals surface area contributed by atoms with E-state index in [2.05, 4.69) is 107 Å². The maximum absolute atomic E-state index is 10.8. The van der Waals surface area contributed by atoms with E-state index >= 15 is 0 Å². The molecule has 0 saturated heterocycles. The van der Waals surface area contributed by atoms with E-state index in [1.807, 2.05) is 13.8 Å². The van der Waals surface area contributed by atoms with Gasteiger partial charge in [-0.15, -0.1) is 0 Å². The Morgan fingerprint density at radius 1 is 0.806 bits per heavy atom. The SMILES string of the molecule is BP(I)c1cc(C)c(O)c(CN(CCCN(C)C)Cc2cc(P(B)I)cc(C)c2O)c1. The third-order valence-corrected chi connectivity index (χ3v) is 10.6. The molecule has 0 bridgehead atoms. The number of aryl methyl sites for hydroxylation is 2. The molecule has 0 fully saturated rings. The van der Waals surface area contributed by atoms with Crippen molar-refractivity contribution in [3.05, 3.63) is 46.5 Å². The number of rotatable bonds is 10. The fourth-order valence-electron chi connectivity index (χ4n) is 3.57. The normalized spacial score (nSPS) is 13.7. The Morgan fingerprint density at radius 3 is 1.58 bits per heavy atom. The van der Waals surface area contributed by atoms with Gasteiger partial charge in [0, 0.05) is 30.8 Å². The number of hydrogen-bond acceptors (Lipinski definition) is 4. The highest BCUT2D eigenvalue weighted by molar-refractivity contribution is 14.2. The van der Waals surface area contributed by atoms with Crippen LogP contribution in [0.15, 0.2) is 24.3 Å². The summed E-state index contributed by atoms with van der Waals surface area (Å²) < 4.78 is 0. The van der Waals surface area contributed by atoms with Crippen molar-refractivity contribution in [3.63, 3.8) is 0 Å². The molecular formula is C21H32B2I2N2O2P2. The summed E-state index contributed by atoms with van der Waals surface area (Å²) in [6.07, 6.45) is 1.03. The molecule has 0 saturated carbocycles. The summed E-state index contributed by atoms with van der Waals surface area (Å²) in [4.78, 5) is 4.56.